The standard InChI is InChI=1S/C20H18ClF3N4O/c1-12(2)13-5-6-15(25-9-13)11-27-19(29)17-4-3-7-28(17)18-16(21)8-14(10-26-18)20(22,23)24/h3-10,12H,11H2,1-2H3,(H,27,29). The predicted molar refractivity (Wildman–Crippen MR) is 103 cm³/mol. The molecule has 0 spiro atoms. The van der Waals surface area contributed by atoms with Gasteiger partial charge in [0, 0.05) is 18.6 Å². The van der Waals surface area contributed by atoms with Crippen molar-refractivity contribution in [3.8, 4) is 5.82 Å². The molecule has 0 saturated heterocycles. The van der Waals surface area contributed by atoms with Crippen LogP contribution in [0.2, 0.25) is 5.02 Å². The van der Waals surface area contributed by atoms with Gasteiger partial charge < -0.3 is 5.32 Å². The van der Waals surface area contributed by atoms with Crippen LogP contribution in [0, 0.1) is 0 Å². The van der Waals surface area contributed by atoms with E-state index in [2.05, 4.69) is 29.1 Å². The van der Waals surface area contributed by atoms with Crippen molar-refractivity contribution in [1.82, 2.24) is 19.9 Å². The fraction of sp³-hybridized carbons (Fsp3) is 0.250. The lowest BCUT2D eigenvalue weighted by Crippen LogP contribution is -2.25. The number of amides is 1. The molecule has 3 heterocycles. The summed E-state index contributed by atoms with van der Waals surface area (Å²) in [6, 6.07) is 7.68. The van der Waals surface area contributed by atoms with Gasteiger partial charge in [-0.1, -0.05) is 31.5 Å². The quantitative estimate of drug-likeness (QED) is 0.630. The molecule has 152 valence electrons. The maximum atomic E-state index is 12.8. The first-order valence-electron chi connectivity index (χ1n) is 8.80. The minimum Gasteiger partial charge on any atom is -0.345 e. The van der Waals surface area contributed by atoms with Crippen LogP contribution in [0.4, 0.5) is 13.2 Å². The first-order chi connectivity index (χ1) is 13.7. The Morgan fingerprint density at radius 1 is 1.21 bits per heavy atom. The molecule has 0 saturated carbocycles. The Hall–Kier alpha value is -2.87. The average molecular weight is 423 g/mol. The summed E-state index contributed by atoms with van der Waals surface area (Å²) in [5.41, 5.74) is 1.02. The molecular weight excluding hydrogens is 405 g/mol. The lowest BCUT2D eigenvalue weighted by molar-refractivity contribution is -0.137. The van der Waals surface area contributed by atoms with Crippen LogP contribution in [0.5, 0.6) is 0 Å². The molecular formula is C20H18ClF3N4O. The van der Waals surface area contributed by atoms with Crippen molar-refractivity contribution in [3.05, 3.63) is 76.5 Å². The van der Waals surface area contributed by atoms with E-state index in [4.69, 9.17) is 11.6 Å². The second-order valence-corrected chi connectivity index (χ2v) is 7.12. The summed E-state index contributed by atoms with van der Waals surface area (Å²) in [6.07, 6.45) is -0.597. The van der Waals surface area contributed by atoms with Gasteiger partial charge in [0.05, 0.1) is 22.8 Å². The first-order valence-corrected chi connectivity index (χ1v) is 9.18. The van der Waals surface area contributed by atoms with Crippen molar-refractivity contribution in [2.45, 2.75) is 32.5 Å². The number of pyridine rings is 2. The minimum atomic E-state index is -4.55. The number of carbonyl (C=O) groups excluding carboxylic acids is 1. The van der Waals surface area contributed by atoms with Crippen molar-refractivity contribution in [3.63, 3.8) is 0 Å². The number of nitrogens with zero attached hydrogens (tertiary/aromatic N) is 3. The highest BCUT2D eigenvalue weighted by atomic mass is 35.5. The summed E-state index contributed by atoms with van der Waals surface area (Å²) in [5.74, 6) is -0.0351. The molecule has 0 fully saturated rings. The summed E-state index contributed by atoms with van der Waals surface area (Å²) in [6.45, 7) is 4.33. The fourth-order valence-electron chi connectivity index (χ4n) is 2.66. The Balaban J connectivity index is 1.76. The highest BCUT2D eigenvalue weighted by Gasteiger charge is 2.32. The molecule has 1 N–H and O–H groups in total. The summed E-state index contributed by atoms with van der Waals surface area (Å²) < 4.78 is 39.8. The van der Waals surface area contributed by atoms with Gasteiger partial charge in [0.25, 0.3) is 5.91 Å². The lowest BCUT2D eigenvalue weighted by Gasteiger charge is -2.13. The summed E-state index contributed by atoms with van der Waals surface area (Å²) in [4.78, 5) is 20.7. The van der Waals surface area contributed by atoms with Gasteiger partial charge in [0.15, 0.2) is 5.82 Å². The second-order valence-electron chi connectivity index (χ2n) is 6.71. The number of aromatic nitrogens is 3. The minimum absolute atomic E-state index is 0.0363. The zero-order chi connectivity index (χ0) is 21.2. The number of hydrogen-bond acceptors (Lipinski definition) is 3. The predicted octanol–water partition coefficient (Wildman–Crippen LogP) is 4.99. The van der Waals surface area contributed by atoms with E-state index in [1.165, 1.54) is 16.8 Å². The molecule has 5 nitrogen and oxygen atoms in total. The third-order valence-electron chi connectivity index (χ3n) is 4.30. The number of halogens is 4. The molecule has 1 amide bonds. The maximum absolute atomic E-state index is 12.8. The number of carbonyl (C=O) groups is 1. The highest BCUT2D eigenvalue weighted by Crippen LogP contribution is 2.32. The SMILES string of the molecule is CC(C)c1ccc(CNC(=O)c2cccn2-c2ncc(C(F)(F)F)cc2Cl)nc1. The Kier molecular flexibility index (Phi) is 5.93. The Morgan fingerprint density at radius 2 is 1.97 bits per heavy atom. The van der Waals surface area contributed by atoms with E-state index in [1.807, 2.05) is 12.1 Å². The smallest absolute Gasteiger partial charge is 0.345 e. The van der Waals surface area contributed by atoms with Gasteiger partial charge in [0.1, 0.15) is 5.69 Å². The van der Waals surface area contributed by atoms with E-state index in [0.717, 1.165) is 11.6 Å². The van der Waals surface area contributed by atoms with Crippen LogP contribution in [-0.4, -0.2) is 20.4 Å². The van der Waals surface area contributed by atoms with Crippen LogP contribution < -0.4 is 5.32 Å². The van der Waals surface area contributed by atoms with Crippen LogP contribution >= 0.6 is 11.6 Å². The Labute approximate surface area is 170 Å². The van der Waals surface area contributed by atoms with E-state index in [-0.39, 0.29) is 23.1 Å². The van der Waals surface area contributed by atoms with Gasteiger partial charge in [-0.05, 0) is 35.7 Å². The number of alkyl halides is 3. The second kappa shape index (κ2) is 8.24. The molecule has 3 aromatic heterocycles. The third kappa shape index (κ3) is 4.76. The first kappa shape index (κ1) is 20.9. The molecule has 29 heavy (non-hydrogen) atoms. The molecule has 0 aromatic carbocycles. The van der Waals surface area contributed by atoms with Crippen molar-refractivity contribution in [1.29, 1.82) is 0 Å². The van der Waals surface area contributed by atoms with Crippen LogP contribution in [-0.2, 0) is 12.7 Å². The molecule has 0 atom stereocenters. The summed E-state index contributed by atoms with van der Waals surface area (Å²) in [7, 11) is 0. The van der Waals surface area contributed by atoms with Crippen LogP contribution in [0.3, 0.4) is 0 Å². The van der Waals surface area contributed by atoms with Crippen LogP contribution in [0.1, 0.15) is 47.1 Å². The molecule has 3 rings (SSSR count). The Morgan fingerprint density at radius 3 is 2.55 bits per heavy atom. The van der Waals surface area contributed by atoms with Gasteiger partial charge in [-0.3, -0.25) is 14.3 Å². The molecule has 3 aromatic rings. The van der Waals surface area contributed by atoms with Crippen molar-refractivity contribution < 1.29 is 18.0 Å². The monoisotopic (exact) mass is 422 g/mol. The maximum Gasteiger partial charge on any atom is 0.417 e. The van der Waals surface area contributed by atoms with Gasteiger partial charge in [-0.15, -0.1) is 0 Å². The van der Waals surface area contributed by atoms with Crippen LogP contribution in [0.15, 0.2) is 48.9 Å². The number of rotatable bonds is 5. The summed E-state index contributed by atoms with van der Waals surface area (Å²) >= 11 is 5.99. The Bertz CT molecular complexity index is 1010. The molecule has 0 radical (unpaired) electrons. The fourth-order valence-corrected chi connectivity index (χ4v) is 2.91. The van der Waals surface area contributed by atoms with E-state index in [9.17, 15) is 18.0 Å². The van der Waals surface area contributed by atoms with Crippen molar-refractivity contribution in [2.24, 2.45) is 0 Å². The molecule has 0 unspecified atom stereocenters. The van der Waals surface area contributed by atoms with E-state index < -0.39 is 17.6 Å². The highest BCUT2D eigenvalue weighted by molar-refractivity contribution is 6.32. The lowest BCUT2D eigenvalue weighted by atomic mass is 10.1. The van der Waals surface area contributed by atoms with E-state index in [1.54, 1.807) is 12.3 Å². The third-order valence-corrected chi connectivity index (χ3v) is 4.58. The van der Waals surface area contributed by atoms with Gasteiger partial charge in [-0.25, -0.2) is 4.98 Å². The van der Waals surface area contributed by atoms with Crippen molar-refractivity contribution in [2.75, 3.05) is 0 Å². The molecule has 0 bridgehead atoms. The summed E-state index contributed by atoms with van der Waals surface area (Å²) in [5, 5.41) is 2.53. The molecule has 0 aliphatic carbocycles. The van der Waals surface area contributed by atoms with Gasteiger partial charge in [-0.2, -0.15) is 13.2 Å². The van der Waals surface area contributed by atoms with Crippen LogP contribution in [0.25, 0.3) is 5.82 Å². The van der Waals surface area contributed by atoms with Gasteiger partial charge >= 0.3 is 6.18 Å². The average Bonchev–Trinajstić information content (AvgIpc) is 3.15. The molecule has 9 heteroatoms. The molecule has 0 aliphatic heterocycles. The van der Waals surface area contributed by atoms with Crippen molar-refractivity contribution >= 4 is 17.5 Å². The van der Waals surface area contributed by atoms with E-state index in [0.29, 0.717) is 17.8 Å². The topological polar surface area (TPSA) is 59.8 Å². The van der Waals surface area contributed by atoms with Gasteiger partial charge in [0.2, 0.25) is 0 Å². The molecule has 0 aliphatic rings. The zero-order valence-corrected chi connectivity index (χ0v) is 16.4. The number of nitrogens with one attached hydrogen (secondary N) is 1. The zero-order valence-electron chi connectivity index (χ0n) is 15.7. The largest absolute Gasteiger partial charge is 0.417 e. The normalized spacial score (nSPS) is 11.7. The van der Waals surface area contributed by atoms with E-state index >= 15 is 0 Å². The number of hydrogen-bond donors (Lipinski definition) is 1.